The Labute approximate surface area is 131 Å². The molecule has 0 fully saturated rings. The molecule has 2 aromatic rings. The fourth-order valence-corrected chi connectivity index (χ4v) is 2.07. The van der Waals surface area contributed by atoms with Crippen LogP contribution in [0.15, 0.2) is 30.6 Å². The number of carbonyl (C=O) groups is 1. The summed E-state index contributed by atoms with van der Waals surface area (Å²) in [7, 11) is 1.72. The van der Waals surface area contributed by atoms with E-state index in [0.29, 0.717) is 11.4 Å². The Morgan fingerprint density at radius 1 is 1.22 bits per heavy atom. The van der Waals surface area contributed by atoms with Crippen molar-refractivity contribution in [3.63, 3.8) is 0 Å². The first-order chi connectivity index (χ1) is 10.7. The summed E-state index contributed by atoms with van der Waals surface area (Å²) in [4.78, 5) is 16.3. The molecule has 5 nitrogen and oxygen atoms in total. The van der Waals surface area contributed by atoms with Gasteiger partial charge in [0.25, 0.3) is 0 Å². The number of halogens is 3. The maximum absolute atomic E-state index is 12.5. The van der Waals surface area contributed by atoms with Crippen molar-refractivity contribution in [3.8, 4) is 0 Å². The molecule has 0 spiro atoms. The van der Waals surface area contributed by atoms with Crippen molar-refractivity contribution in [2.45, 2.75) is 32.0 Å². The number of nitrogens with one attached hydrogen (secondary N) is 1. The molecule has 1 aromatic heterocycles. The highest BCUT2D eigenvalue weighted by Gasteiger charge is 2.30. The van der Waals surface area contributed by atoms with E-state index in [1.165, 1.54) is 23.1 Å². The van der Waals surface area contributed by atoms with Crippen LogP contribution in [0.3, 0.4) is 0 Å². The van der Waals surface area contributed by atoms with Gasteiger partial charge in [-0.15, -0.1) is 0 Å². The van der Waals surface area contributed by atoms with E-state index in [0.717, 1.165) is 12.1 Å². The molecule has 0 saturated heterocycles. The third kappa shape index (κ3) is 4.08. The molecule has 0 radical (unpaired) electrons. The summed E-state index contributed by atoms with van der Waals surface area (Å²) in [5.74, 6) is -0.409. The molecule has 0 aliphatic rings. The van der Waals surface area contributed by atoms with Crippen molar-refractivity contribution in [2.24, 2.45) is 7.05 Å². The second-order valence-corrected chi connectivity index (χ2v) is 5.35. The lowest BCUT2D eigenvalue weighted by atomic mass is 9.98. The lowest BCUT2D eigenvalue weighted by molar-refractivity contribution is -0.137. The standard InChI is InChI=1S/C15H17F3N4O/c1-9(11-4-6-12(7-5-11)15(16,17)18)14(23)20-10(2)13-19-8-22(3)21-13/h4-10H,1-3H3,(H,20,23). The molecule has 0 aliphatic heterocycles. The van der Waals surface area contributed by atoms with Crippen LogP contribution in [0.4, 0.5) is 13.2 Å². The number of alkyl halides is 3. The van der Waals surface area contributed by atoms with Crippen molar-refractivity contribution in [1.82, 2.24) is 20.1 Å². The van der Waals surface area contributed by atoms with Crippen molar-refractivity contribution >= 4 is 5.91 Å². The monoisotopic (exact) mass is 326 g/mol. The van der Waals surface area contributed by atoms with Gasteiger partial charge in [0.15, 0.2) is 5.82 Å². The van der Waals surface area contributed by atoms with E-state index in [-0.39, 0.29) is 11.9 Å². The van der Waals surface area contributed by atoms with Crippen molar-refractivity contribution in [1.29, 1.82) is 0 Å². The van der Waals surface area contributed by atoms with Crippen LogP contribution in [0, 0.1) is 0 Å². The molecule has 1 N–H and O–H groups in total. The zero-order valence-corrected chi connectivity index (χ0v) is 12.9. The number of aromatic nitrogens is 3. The molecule has 23 heavy (non-hydrogen) atoms. The lowest BCUT2D eigenvalue weighted by Gasteiger charge is -2.16. The summed E-state index contributed by atoms with van der Waals surface area (Å²) < 4.78 is 39.2. The van der Waals surface area contributed by atoms with Crippen LogP contribution in [0.5, 0.6) is 0 Å². The molecular weight excluding hydrogens is 309 g/mol. The van der Waals surface area contributed by atoms with Gasteiger partial charge in [-0.1, -0.05) is 12.1 Å². The molecule has 1 amide bonds. The van der Waals surface area contributed by atoms with Gasteiger partial charge in [-0.3, -0.25) is 9.48 Å². The highest BCUT2D eigenvalue weighted by molar-refractivity contribution is 5.83. The zero-order chi connectivity index (χ0) is 17.2. The Morgan fingerprint density at radius 2 is 1.83 bits per heavy atom. The Balaban J connectivity index is 2.04. The van der Waals surface area contributed by atoms with Crippen molar-refractivity contribution in [3.05, 3.63) is 47.5 Å². The number of hydrogen-bond donors (Lipinski definition) is 1. The van der Waals surface area contributed by atoms with Crippen molar-refractivity contribution in [2.75, 3.05) is 0 Å². The predicted molar refractivity (Wildman–Crippen MR) is 77.4 cm³/mol. The van der Waals surface area contributed by atoms with E-state index in [1.807, 2.05) is 0 Å². The molecule has 1 aromatic carbocycles. The highest BCUT2D eigenvalue weighted by atomic mass is 19.4. The van der Waals surface area contributed by atoms with Gasteiger partial charge in [0.1, 0.15) is 6.33 Å². The smallest absolute Gasteiger partial charge is 0.346 e. The van der Waals surface area contributed by atoms with Crippen LogP contribution in [0.25, 0.3) is 0 Å². The van der Waals surface area contributed by atoms with Crippen LogP contribution in [-0.4, -0.2) is 20.7 Å². The SMILES string of the molecule is CC(NC(=O)C(C)c1ccc(C(F)(F)F)cc1)c1ncn(C)n1. The molecule has 2 unspecified atom stereocenters. The van der Waals surface area contributed by atoms with Crippen LogP contribution < -0.4 is 5.32 Å². The zero-order valence-electron chi connectivity index (χ0n) is 12.9. The molecule has 0 aliphatic carbocycles. The summed E-state index contributed by atoms with van der Waals surface area (Å²) in [5, 5.41) is 6.85. The van der Waals surface area contributed by atoms with E-state index in [1.54, 1.807) is 20.9 Å². The van der Waals surface area contributed by atoms with E-state index >= 15 is 0 Å². The van der Waals surface area contributed by atoms with E-state index in [2.05, 4.69) is 15.4 Å². The van der Waals surface area contributed by atoms with Gasteiger partial charge < -0.3 is 5.32 Å². The van der Waals surface area contributed by atoms with Crippen molar-refractivity contribution < 1.29 is 18.0 Å². The third-order valence-electron chi connectivity index (χ3n) is 3.49. The number of rotatable bonds is 4. The largest absolute Gasteiger partial charge is 0.416 e. The molecule has 8 heteroatoms. The Bertz CT molecular complexity index is 679. The summed E-state index contributed by atoms with van der Waals surface area (Å²) in [6.07, 6.45) is -2.86. The quantitative estimate of drug-likeness (QED) is 0.940. The maximum Gasteiger partial charge on any atom is 0.416 e. The van der Waals surface area contributed by atoms with Gasteiger partial charge in [-0.05, 0) is 31.5 Å². The van der Waals surface area contributed by atoms with Gasteiger partial charge in [-0.2, -0.15) is 18.3 Å². The van der Waals surface area contributed by atoms with Gasteiger partial charge in [-0.25, -0.2) is 4.98 Å². The van der Waals surface area contributed by atoms with Crippen LogP contribution in [0.1, 0.15) is 42.8 Å². The number of benzene rings is 1. The Kier molecular flexibility index (Phi) is 4.72. The topological polar surface area (TPSA) is 59.8 Å². The van der Waals surface area contributed by atoms with Gasteiger partial charge in [0.2, 0.25) is 5.91 Å². The first kappa shape index (κ1) is 17.0. The number of hydrogen-bond acceptors (Lipinski definition) is 3. The number of nitrogens with zero attached hydrogens (tertiary/aromatic N) is 3. The van der Waals surface area contributed by atoms with Crippen LogP contribution in [0.2, 0.25) is 0 Å². The molecule has 1 heterocycles. The number of amides is 1. The molecule has 124 valence electrons. The van der Waals surface area contributed by atoms with E-state index < -0.39 is 17.7 Å². The summed E-state index contributed by atoms with van der Waals surface area (Å²) >= 11 is 0. The average molecular weight is 326 g/mol. The molecule has 2 rings (SSSR count). The fraction of sp³-hybridized carbons (Fsp3) is 0.400. The minimum Gasteiger partial charge on any atom is -0.346 e. The number of carbonyl (C=O) groups excluding carboxylic acids is 1. The van der Waals surface area contributed by atoms with Gasteiger partial charge in [0, 0.05) is 7.05 Å². The summed E-state index contributed by atoms with van der Waals surface area (Å²) in [5.41, 5.74) is -0.225. The first-order valence-corrected chi connectivity index (χ1v) is 7.01. The molecule has 2 atom stereocenters. The van der Waals surface area contributed by atoms with E-state index in [4.69, 9.17) is 0 Å². The third-order valence-corrected chi connectivity index (χ3v) is 3.49. The minimum atomic E-state index is -4.39. The van der Waals surface area contributed by atoms with Gasteiger partial charge in [0.05, 0.1) is 17.5 Å². The Hall–Kier alpha value is -2.38. The number of aryl methyl sites for hydroxylation is 1. The van der Waals surface area contributed by atoms with E-state index in [9.17, 15) is 18.0 Å². The molecular formula is C15H17F3N4O. The summed E-state index contributed by atoms with van der Waals surface area (Å²) in [6.45, 7) is 3.38. The van der Waals surface area contributed by atoms with Crippen LogP contribution >= 0.6 is 0 Å². The van der Waals surface area contributed by atoms with Gasteiger partial charge >= 0.3 is 6.18 Å². The fourth-order valence-electron chi connectivity index (χ4n) is 2.07. The Morgan fingerprint density at radius 3 is 2.30 bits per heavy atom. The minimum absolute atomic E-state index is 0.301. The second-order valence-electron chi connectivity index (χ2n) is 5.35. The summed E-state index contributed by atoms with van der Waals surface area (Å²) in [6, 6.07) is 4.19. The predicted octanol–water partition coefficient (Wildman–Crippen LogP) is 2.81. The average Bonchev–Trinajstić information content (AvgIpc) is 2.92. The lowest BCUT2D eigenvalue weighted by Crippen LogP contribution is -2.31. The maximum atomic E-state index is 12.5. The normalized spacial score (nSPS) is 14.3. The highest BCUT2D eigenvalue weighted by Crippen LogP contribution is 2.30. The first-order valence-electron chi connectivity index (χ1n) is 7.01. The second kappa shape index (κ2) is 6.39. The van der Waals surface area contributed by atoms with Crippen LogP contribution in [-0.2, 0) is 18.0 Å². The molecule has 0 saturated carbocycles. The molecule has 0 bridgehead atoms.